The molecule has 6 nitrogen and oxygen atoms in total. The van der Waals surface area contributed by atoms with E-state index in [4.69, 9.17) is 4.74 Å². The Bertz CT molecular complexity index is 1020. The normalized spacial score (nSPS) is 12.2. The van der Waals surface area contributed by atoms with Gasteiger partial charge in [-0.2, -0.15) is 0 Å². The molecule has 0 spiro atoms. The summed E-state index contributed by atoms with van der Waals surface area (Å²) in [5, 5.41) is 2.89. The van der Waals surface area contributed by atoms with E-state index < -0.39 is 6.10 Å². The zero-order valence-corrected chi connectivity index (χ0v) is 15.4. The molecule has 1 N–H and O–H groups in total. The smallest absolute Gasteiger partial charge is 0.328 e. The molecule has 1 heterocycles. The number of fused-ring (bicyclic) bond motifs is 1. The summed E-state index contributed by atoms with van der Waals surface area (Å²) in [4.78, 5) is 24.6. The van der Waals surface area contributed by atoms with Crippen molar-refractivity contribution in [2.45, 2.75) is 26.4 Å². The number of nitrogens with one attached hydrogen (secondary N) is 1. The fourth-order valence-electron chi connectivity index (χ4n) is 2.98. The Morgan fingerprint density at radius 1 is 1.12 bits per heavy atom. The number of anilines is 1. The van der Waals surface area contributed by atoms with Crippen molar-refractivity contribution in [1.82, 2.24) is 9.13 Å². The zero-order valence-electron chi connectivity index (χ0n) is 15.4. The van der Waals surface area contributed by atoms with E-state index in [1.165, 1.54) is 0 Å². The van der Waals surface area contributed by atoms with E-state index in [1.54, 1.807) is 35.4 Å². The van der Waals surface area contributed by atoms with Crippen LogP contribution in [0, 0.1) is 6.92 Å². The minimum absolute atomic E-state index is 0.0994. The molecule has 1 atom stereocenters. The summed E-state index contributed by atoms with van der Waals surface area (Å²) in [6, 6.07) is 13.0. The van der Waals surface area contributed by atoms with Crippen molar-refractivity contribution in [3.63, 3.8) is 0 Å². The summed E-state index contributed by atoms with van der Waals surface area (Å²) in [5.74, 6) is 0.460. The van der Waals surface area contributed by atoms with Crippen molar-refractivity contribution in [2.24, 2.45) is 14.1 Å². The van der Waals surface area contributed by atoms with Crippen molar-refractivity contribution >= 4 is 22.6 Å². The number of hydrogen-bond donors (Lipinski definition) is 1. The van der Waals surface area contributed by atoms with Gasteiger partial charge in [0, 0.05) is 19.8 Å². The van der Waals surface area contributed by atoms with E-state index in [2.05, 4.69) is 5.32 Å². The highest BCUT2D eigenvalue weighted by Crippen LogP contribution is 2.20. The number of benzene rings is 2. The molecule has 0 bridgehead atoms. The second-order valence-electron chi connectivity index (χ2n) is 6.42. The SMILES string of the molecule is CC[C@@H](Oc1cccc(C)c1)C(=O)Nc1ccc2c(c1)n(C)c(=O)n2C. The minimum Gasteiger partial charge on any atom is -0.481 e. The van der Waals surface area contributed by atoms with Crippen molar-refractivity contribution in [3.05, 3.63) is 58.5 Å². The van der Waals surface area contributed by atoms with Crippen molar-refractivity contribution in [3.8, 4) is 5.75 Å². The number of ether oxygens (including phenoxy) is 1. The van der Waals surface area contributed by atoms with Gasteiger partial charge in [0.25, 0.3) is 5.91 Å². The van der Waals surface area contributed by atoms with Crippen molar-refractivity contribution in [1.29, 1.82) is 0 Å². The number of imidazole rings is 1. The maximum Gasteiger partial charge on any atom is 0.328 e. The molecule has 136 valence electrons. The molecule has 0 saturated carbocycles. The maximum atomic E-state index is 12.6. The molecule has 1 aromatic heterocycles. The van der Waals surface area contributed by atoms with Gasteiger partial charge >= 0.3 is 5.69 Å². The molecule has 3 rings (SSSR count). The molecule has 2 aromatic carbocycles. The van der Waals surface area contributed by atoms with Gasteiger partial charge in [-0.1, -0.05) is 19.1 Å². The monoisotopic (exact) mass is 353 g/mol. The molecule has 3 aromatic rings. The highest BCUT2D eigenvalue weighted by Gasteiger charge is 2.19. The molecule has 1 amide bonds. The molecule has 26 heavy (non-hydrogen) atoms. The number of hydrogen-bond acceptors (Lipinski definition) is 3. The predicted octanol–water partition coefficient (Wildman–Crippen LogP) is 2.98. The van der Waals surface area contributed by atoms with E-state index in [-0.39, 0.29) is 11.6 Å². The Morgan fingerprint density at radius 2 is 1.85 bits per heavy atom. The van der Waals surface area contributed by atoms with Crippen LogP contribution in [0.5, 0.6) is 5.75 Å². The van der Waals surface area contributed by atoms with Gasteiger partial charge < -0.3 is 10.1 Å². The van der Waals surface area contributed by atoms with Gasteiger partial charge in [-0.15, -0.1) is 0 Å². The summed E-state index contributed by atoms with van der Waals surface area (Å²) >= 11 is 0. The summed E-state index contributed by atoms with van der Waals surface area (Å²) in [6.07, 6.45) is -0.0432. The van der Waals surface area contributed by atoms with Crippen LogP contribution in [-0.4, -0.2) is 21.1 Å². The summed E-state index contributed by atoms with van der Waals surface area (Å²) in [6.45, 7) is 3.89. The number of aromatic nitrogens is 2. The maximum absolute atomic E-state index is 12.6. The quantitative estimate of drug-likeness (QED) is 0.767. The Labute approximate surface area is 152 Å². The van der Waals surface area contributed by atoms with Crippen LogP contribution in [0.25, 0.3) is 11.0 Å². The number of amides is 1. The number of aryl methyl sites for hydroxylation is 3. The van der Waals surface area contributed by atoms with E-state index in [9.17, 15) is 9.59 Å². The average molecular weight is 353 g/mol. The molecule has 0 aliphatic carbocycles. The lowest BCUT2D eigenvalue weighted by Crippen LogP contribution is -2.32. The molecule has 0 unspecified atom stereocenters. The van der Waals surface area contributed by atoms with Gasteiger partial charge in [-0.3, -0.25) is 13.9 Å². The van der Waals surface area contributed by atoms with E-state index >= 15 is 0 Å². The third-order valence-electron chi connectivity index (χ3n) is 4.47. The molecule has 6 heteroatoms. The lowest BCUT2D eigenvalue weighted by molar-refractivity contribution is -0.122. The van der Waals surface area contributed by atoms with Crippen LogP contribution in [0.2, 0.25) is 0 Å². The van der Waals surface area contributed by atoms with E-state index in [0.29, 0.717) is 17.9 Å². The van der Waals surface area contributed by atoms with Crippen LogP contribution in [-0.2, 0) is 18.9 Å². The second-order valence-corrected chi connectivity index (χ2v) is 6.42. The number of rotatable bonds is 5. The fraction of sp³-hybridized carbons (Fsp3) is 0.300. The van der Waals surface area contributed by atoms with E-state index in [1.807, 2.05) is 44.2 Å². The third-order valence-corrected chi connectivity index (χ3v) is 4.47. The lowest BCUT2D eigenvalue weighted by Gasteiger charge is -2.17. The Balaban J connectivity index is 1.80. The number of carbonyl (C=O) groups excluding carboxylic acids is 1. The van der Waals surface area contributed by atoms with Gasteiger partial charge in [0.2, 0.25) is 0 Å². The standard InChI is InChI=1S/C20H23N3O3/c1-5-18(26-15-8-6-7-13(2)11-15)19(24)21-14-9-10-16-17(12-14)23(4)20(25)22(16)3/h6-12,18H,5H2,1-4H3,(H,21,24)/t18-/m1/s1. The Hall–Kier alpha value is -3.02. The minimum atomic E-state index is -0.591. The van der Waals surface area contributed by atoms with Crippen LogP contribution in [0.15, 0.2) is 47.3 Å². The van der Waals surface area contributed by atoms with Crippen molar-refractivity contribution < 1.29 is 9.53 Å². The van der Waals surface area contributed by atoms with Crippen LogP contribution in [0.4, 0.5) is 5.69 Å². The molecule has 0 radical (unpaired) electrons. The first-order valence-corrected chi connectivity index (χ1v) is 8.60. The topological polar surface area (TPSA) is 65.3 Å². The Morgan fingerprint density at radius 3 is 2.54 bits per heavy atom. The van der Waals surface area contributed by atoms with Gasteiger partial charge in [0.15, 0.2) is 6.10 Å². The molecular weight excluding hydrogens is 330 g/mol. The zero-order chi connectivity index (χ0) is 18.8. The number of carbonyl (C=O) groups is 1. The van der Waals surface area contributed by atoms with Gasteiger partial charge in [-0.25, -0.2) is 4.79 Å². The first-order valence-electron chi connectivity index (χ1n) is 8.60. The van der Waals surface area contributed by atoms with Crippen molar-refractivity contribution in [2.75, 3.05) is 5.32 Å². The average Bonchev–Trinajstić information content (AvgIpc) is 2.84. The van der Waals surface area contributed by atoms with Gasteiger partial charge in [-0.05, 0) is 49.2 Å². The fourth-order valence-corrected chi connectivity index (χ4v) is 2.98. The first kappa shape index (κ1) is 17.8. The summed E-state index contributed by atoms with van der Waals surface area (Å²) < 4.78 is 8.98. The molecule has 0 saturated heterocycles. The van der Waals surface area contributed by atoms with Crippen LogP contribution < -0.4 is 15.7 Å². The third kappa shape index (κ3) is 3.35. The predicted molar refractivity (Wildman–Crippen MR) is 103 cm³/mol. The molecule has 0 aliphatic rings. The molecule has 0 aliphatic heterocycles. The number of nitrogens with zero attached hydrogens (tertiary/aromatic N) is 2. The highest BCUT2D eigenvalue weighted by atomic mass is 16.5. The van der Waals surface area contributed by atoms with Gasteiger partial charge in [0.05, 0.1) is 11.0 Å². The molecule has 0 fully saturated rings. The first-order chi connectivity index (χ1) is 12.4. The summed E-state index contributed by atoms with van der Waals surface area (Å²) in [7, 11) is 3.44. The largest absolute Gasteiger partial charge is 0.481 e. The highest BCUT2D eigenvalue weighted by molar-refractivity contribution is 5.96. The van der Waals surface area contributed by atoms with Crippen LogP contribution >= 0.6 is 0 Å². The summed E-state index contributed by atoms with van der Waals surface area (Å²) in [5.41, 5.74) is 3.20. The Kier molecular flexibility index (Phi) is 4.84. The lowest BCUT2D eigenvalue weighted by atomic mass is 10.2. The van der Waals surface area contributed by atoms with Crippen LogP contribution in [0.1, 0.15) is 18.9 Å². The second kappa shape index (κ2) is 7.07. The van der Waals surface area contributed by atoms with Crippen LogP contribution in [0.3, 0.4) is 0 Å². The van der Waals surface area contributed by atoms with E-state index in [0.717, 1.165) is 16.6 Å². The molecular formula is C20H23N3O3. The van der Waals surface area contributed by atoms with Gasteiger partial charge in [0.1, 0.15) is 5.75 Å².